The molecule has 3 rings (SSSR count). The number of carbonyl (C=O) groups excluding carboxylic acids is 1. The summed E-state index contributed by atoms with van der Waals surface area (Å²) >= 11 is 0. The first-order chi connectivity index (χ1) is 19.6. The zero-order valence-corrected chi connectivity index (χ0v) is 24.4. The highest BCUT2D eigenvalue weighted by molar-refractivity contribution is 7.48. The van der Waals surface area contributed by atoms with Crippen LogP contribution in [0, 0.1) is 19.6 Å². The maximum Gasteiger partial charge on any atom is 0.477 e. The lowest BCUT2D eigenvalue weighted by Crippen LogP contribution is -2.26. The van der Waals surface area contributed by atoms with Crippen LogP contribution in [0.3, 0.4) is 0 Å². The van der Waals surface area contributed by atoms with Gasteiger partial charge < -0.3 is 10.1 Å². The van der Waals surface area contributed by atoms with Crippen molar-refractivity contribution in [2.45, 2.75) is 73.3 Å². The van der Waals surface area contributed by atoms with Crippen LogP contribution in [-0.4, -0.2) is 21.7 Å². The fraction of sp³-hybridized carbons (Fsp3) is 0.379. The molecular formula is C29H36FN2O7P. The van der Waals surface area contributed by atoms with Crippen LogP contribution in [0.4, 0.5) is 10.1 Å². The van der Waals surface area contributed by atoms with Gasteiger partial charge in [-0.15, -0.1) is 0 Å². The van der Waals surface area contributed by atoms with Crippen LogP contribution < -0.4 is 15.6 Å². The minimum atomic E-state index is -4.08. The van der Waals surface area contributed by atoms with E-state index in [4.69, 9.17) is 22.4 Å². The first kappa shape index (κ1) is 26.9. The highest BCUT2D eigenvalue weighted by Crippen LogP contribution is 2.55. The van der Waals surface area contributed by atoms with Gasteiger partial charge in [-0.05, 0) is 103 Å². The molecule has 0 aliphatic rings. The number of halogens is 1. The van der Waals surface area contributed by atoms with E-state index in [2.05, 4.69) is 5.32 Å². The highest BCUT2D eigenvalue weighted by atomic mass is 31.2. The molecule has 11 heteroatoms. The number of nitrogens with one attached hydrogen (secondary N) is 1. The lowest BCUT2D eigenvalue weighted by atomic mass is 10.1. The van der Waals surface area contributed by atoms with Crippen molar-refractivity contribution >= 4 is 19.4 Å². The molecule has 0 saturated carbocycles. The van der Waals surface area contributed by atoms with Gasteiger partial charge in [0, 0.05) is 22.1 Å². The Morgan fingerprint density at radius 2 is 1.68 bits per heavy atom. The highest BCUT2D eigenvalue weighted by Gasteiger charge is 2.37. The van der Waals surface area contributed by atoms with Gasteiger partial charge in [-0.1, -0.05) is 6.07 Å². The van der Waals surface area contributed by atoms with E-state index in [0.717, 1.165) is 28.3 Å². The summed E-state index contributed by atoms with van der Waals surface area (Å²) in [6.45, 7) is 8.78. The predicted molar refractivity (Wildman–Crippen MR) is 151 cm³/mol. The number of aromatic nitrogens is 1. The standard InChI is InChI=1S/C29H36FN2O7P/c1-19-9-11-23(25(15-19)37-24-12-10-21(30)16-20(24)2)27(34)31-22-13-14-32(26(33)17-22)18-36-40(35,38-28(3,4)5)39-29(6,7)8/h9-17H,18H2,1-8H3,(H,31,34)/i2D3. The largest absolute Gasteiger partial charge is 0.477 e. The van der Waals surface area contributed by atoms with E-state index in [1.807, 2.05) is 0 Å². The van der Waals surface area contributed by atoms with E-state index < -0.39 is 49.9 Å². The Labute approximate surface area is 238 Å². The van der Waals surface area contributed by atoms with Crippen LogP contribution in [0.15, 0.2) is 59.5 Å². The second-order valence-electron chi connectivity index (χ2n) is 11.0. The Morgan fingerprint density at radius 3 is 2.27 bits per heavy atom. The normalized spacial score (nSPS) is 13.8. The van der Waals surface area contributed by atoms with Gasteiger partial charge in [-0.2, -0.15) is 0 Å². The van der Waals surface area contributed by atoms with Gasteiger partial charge in [0.15, 0.2) is 0 Å². The van der Waals surface area contributed by atoms with Crippen molar-refractivity contribution < 1.29 is 36.2 Å². The van der Waals surface area contributed by atoms with E-state index in [1.54, 1.807) is 54.5 Å². The van der Waals surface area contributed by atoms with Gasteiger partial charge in [-0.3, -0.25) is 27.7 Å². The number of nitrogens with zero attached hydrogens (tertiary/aromatic N) is 1. The van der Waals surface area contributed by atoms with E-state index >= 15 is 0 Å². The number of amides is 1. The average Bonchev–Trinajstić information content (AvgIpc) is 2.81. The number of phosphoric ester groups is 1. The number of pyridine rings is 1. The Hall–Kier alpha value is -3.30. The van der Waals surface area contributed by atoms with Crippen molar-refractivity contribution in [3.63, 3.8) is 0 Å². The second-order valence-corrected chi connectivity index (χ2v) is 12.6. The number of hydrogen-bond donors (Lipinski definition) is 1. The molecule has 2 aromatic carbocycles. The molecule has 0 atom stereocenters. The first-order valence-electron chi connectivity index (χ1n) is 13.9. The number of rotatable bonds is 9. The van der Waals surface area contributed by atoms with E-state index in [-0.39, 0.29) is 28.3 Å². The van der Waals surface area contributed by atoms with Crippen LogP contribution in [0.2, 0.25) is 0 Å². The molecule has 1 N–H and O–H groups in total. The Bertz CT molecular complexity index is 1570. The molecule has 9 nitrogen and oxygen atoms in total. The summed E-state index contributed by atoms with van der Waals surface area (Å²) in [6.07, 6.45) is 1.34. The number of aryl methyl sites for hydroxylation is 2. The Kier molecular flexibility index (Phi) is 8.11. The summed E-state index contributed by atoms with van der Waals surface area (Å²) in [7, 11) is -4.08. The van der Waals surface area contributed by atoms with Gasteiger partial charge in [0.05, 0.1) is 16.8 Å². The molecule has 1 aromatic heterocycles. The zero-order valence-electron chi connectivity index (χ0n) is 26.5. The molecule has 1 amide bonds. The lowest BCUT2D eigenvalue weighted by Gasteiger charge is -2.30. The average molecular weight is 578 g/mol. The topological polar surface area (TPSA) is 105 Å². The van der Waals surface area contributed by atoms with Crippen molar-refractivity contribution in [1.29, 1.82) is 0 Å². The van der Waals surface area contributed by atoms with Crippen molar-refractivity contribution in [1.82, 2.24) is 4.57 Å². The molecule has 0 spiro atoms. The fourth-order valence-electron chi connectivity index (χ4n) is 3.38. The predicted octanol–water partition coefficient (Wildman–Crippen LogP) is 7.36. The summed E-state index contributed by atoms with van der Waals surface area (Å²) in [5.41, 5.74) is -1.75. The molecule has 0 unspecified atom stereocenters. The zero-order chi connectivity index (χ0) is 32.4. The number of hydrogen-bond acceptors (Lipinski definition) is 7. The van der Waals surface area contributed by atoms with E-state index in [0.29, 0.717) is 0 Å². The van der Waals surface area contributed by atoms with Gasteiger partial charge in [-0.25, -0.2) is 8.96 Å². The fourth-order valence-corrected chi connectivity index (χ4v) is 5.13. The molecule has 1 heterocycles. The van der Waals surface area contributed by atoms with Gasteiger partial charge in [0.1, 0.15) is 24.0 Å². The van der Waals surface area contributed by atoms with Crippen LogP contribution >= 0.6 is 7.82 Å². The lowest BCUT2D eigenvalue weighted by molar-refractivity contribution is -0.00651. The summed E-state index contributed by atoms with van der Waals surface area (Å²) in [5, 5.41) is 2.61. The smallest absolute Gasteiger partial charge is 0.456 e. The van der Waals surface area contributed by atoms with Gasteiger partial charge in [0.25, 0.3) is 11.5 Å². The summed E-state index contributed by atoms with van der Waals surface area (Å²) in [4.78, 5) is 26.0. The quantitative estimate of drug-likeness (QED) is 0.265. The summed E-state index contributed by atoms with van der Waals surface area (Å²) in [6, 6.07) is 10.4. The molecular weight excluding hydrogens is 538 g/mol. The summed E-state index contributed by atoms with van der Waals surface area (Å²) < 4.78 is 73.8. The van der Waals surface area contributed by atoms with Gasteiger partial charge in [0.2, 0.25) is 0 Å². The third-order valence-electron chi connectivity index (χ3n) is 4.92. The molecule has 0 aliphatic heterocycles. The number of phosphoric acid groups is 1. The van der Waals surface area contributed by atoms with Crippen LogP contribution in [-0.2, 0) is 24.9 Å². The molecule has 0 radical (unpaired) electrons. The van der Waals surface area contributed by atoms with Gasteiger partial charge >= 0.3 is 7.82 Å². The molecule has 40 heavy (non-hydrogen) atoms. The first-order valence-corrected chi connectivity index (χ1v) is 13.9. The minimum Gasteiger partial charge on any atom is -0.456 e. The third kappa shape index (κ3) is 9.13. The number of ether oxygens (including phenoxy) is 1. The SMILES string of the molecule is [2H]C([2H])([2H])c1cc(F)ccc1Oc1cc(C)ccc1C(=O)Nc1ccn(COP(=O)(OC(C)(C)C)OC(C)(C)C)c(=O)c1. The number of anilines is 1. The van der Waals surface area contributed by atoms with E-state index in [1.165, 1.54) is 30.5 Å². The number of carbonyl (C=O) groups is 1. The second kappa shape index (κ2) is 12.1. The molecule has 0 aliphatic carbocycles. The van der Waals surface area contributed by atoms with Crippen LogP contribution in [0.1, 0.15) is 67.1 Å². The Morgan fingerprint density at radius 1 is 1.00 bits per heavy atom. The maximum atomic E-state index is 13.8. The molecule has 216 valence electrons. The van der Waals surface area contributed by atoms with E-state index in [9.17, 15) is 18.5 Å². The van der Waals surface area contributed by atoms with Crippen molar-refractivity contribution in [2.24, 2.45) is 0 Å². The molecule has 0 saturated heterocycles. The van der Waals surface area contributed by atoms with Crippen molar-refractivity contribution in [3.05, 3.63) is 87.6 Å². The summed E-state index contributed by atoms with van der Waals surface area (Å²) in [5.74, 6) is -1.49. The maximum absolute atomic E-state index is 13.8. The van der Waals surface area contributed by atoms with Crippen molar-refractivity contribution in [3.8, 4) is 11.5 Å². The van der Waals surface area contributed by atoms with Crippen molar-refractivity contribution in [2.75, 3.05) is 5.32 Å². The van der Waals surface area contributed by atoms with Crippen LogP contribution in [0.25, 0.3) is 0 Å². The van der Waals surface area contributed by atoms with Crippen LogP contribution in [0.5, 0.6) is 11.5 Å². The monoisotopic (exact) mass is 577 g/mol. The Balaban J connectivity index is 1.82. The molecule has 0 bridgehead atoms. The molecule has 3 aromatic rings. The minimum absolute atomic E-state index is 0.0322. The molecule has 0 fully saturated rings. The number of benzene rings is 2. The third-order valence-corrected chi connectivity index (χ3v) is 6.90.